The fourth-order valence-corrected chi connectivity index (χ4v) is 6.63. The minimum absolute atomic E-state index is 0.0733. The van der Waals surface area contributed by atoms with Crippen molar-refractivity contribution in [1.82, 2.24) is 9.80 Å². The summed E-state index contributed by atoms with van der Waals surface area (Å²) in [5.74, 6) is 0. The summed E-state index contributed by atoms with van der Waals surface area (Å²) in [5, 5.41) is 20.4. The van der Waals surface area contributed by atoms with Gasteiger partial charge in [-0.25, -0.2) is 0 Å². The number of aliphatic hydroxyl groups excluding tert-OH is 2. The van der Waals surface area contributed by atoms with Crippen molar-refractivity contribution < 1.29 is 10.2 Å². The molecule has 0 saturated carbocycles. The highest BCUT2D eigenvalue weighted by Crippen LogP contribution is 2.39. The van der Waals surface area contributed by atoms with Crippen molar-refractivity contribution in [1.29, 1.82) is 0 Å². The predicted molar refractivity (Wildman–Crippen MR) is 119 cm³/mol. The summed E-state index contributed by atoms with van der Waals surface area (Å²) in [7, 11) is 0. The van der Waals surface area contributed by atoms with E-state index in [-0.39, 0.29) is 34.4 Å². The molecule has 2 aliphatic heterocycles. The van der Waals surface area contributed by atoms with Gasteiger partial charge in [0.25, 0.3) is 0 Å². The highest BCUT2D eigenvalue weighted by molar-refractivity contribution is 5.01. The molecule has 4 nitrogen and oxygen atoms in total. The number of piperidine rings is 2. The van der Waals surface area contributed by atoms with E-state index >= 15 is 0 Å². The maximum Gasteiger partial charge on any atom is 0.0575 e. The minimum Gasteiger partial charge on any atom is -0.393 e. The van der Waals surface area contributed by atoms with Crippen LogP contribution in [-0.4, -0.2) is 67.5 Å². The molecule has 4 heteroatoms. The molecule has 0 atom stereocenters. The van der Waals surface area contributed by atoms with Crippen LogP contribution in [0.1, 0.15) is 107 Å². The Hall–Kier alpha value is -0.160. The standard InChI is InChI=1S/C24H48N2O2/c1-21(2)15-19(27)16-22(3,4)25(21)13-11-9-10-12-14-26-23(5,6)17-20(28)18-24(26,7)8/h19-20,27-28H,9-18H2,1-8H3. The molecule has 28 heavy (non-hydrogen) atoms. The molecule has 0 bridgehead atoms. The van der Waals surface area contributed by atoms with E-state index in [0.717, 1.165) is 38.8 Å². The molecule has 0 aliphatic carbocycles. The zero-order valence-electron chi connectivity index (χ0n) is 20.0. The van der Waals surface area contributed by atoms with E-state index < -0.39 is 0 Å². The van der Waals surface area contributed by atoms with Crippen LogP contribution in [0.15, 0.2) is 0 Å². The summed E-state index contributed by atoms with van der Waals surface area (Å²) in [6.07, 6.45) is 8.16. The van der Waals surface area contributed by atoms with Crippen LogP contribution < -0.4 is 0 Å². The molecule has 166 valence electrons. The smallest absolute Gasteiger partial charge is 0.0575 e. The van der Waals surface area contributed by atoms with E-state index in [1.807, 2.05) is 0 Å². The lowest BCUT2D eigenvalue weighted by atomic mass is 9.78. The van der Waals surface area contributed by atoms with Gasteiger partial charge in [0, 0.05) is 22.2 Å². The van der Waals surface area contributed by atoms with Gasteiger partial charge in [0.1, 0.15) is 0 Å². The van der Waals surface area contributed by atoms with E-state index in [1.54, 1.807) is 0 Å². The second kappa shape index (κ2) is 8.53. The van der Waals surface area contributed by atoms with Gasteiger partial charge in [0.2, 0.25) is 0 Å². The Morgan fingerprint density at radius 3 is 1.04 bits per heavy atom. The summed E-state index contributed by atoms with van der Waals surface area (Å²) in [4.78, 5) is 5.26. The summed E-state index contributed by atoms with van der Waals surface area (Å²) < 4.78 is 0. The first-order valence-corrected chi connectivity index (χ1v) is 11.6. The Bertz CT molecular complexity index is 431. The van der Waals surface area contributed by atoms with E-state index in [1.165, 1.54) is 25.7 Å². The Morgan fingerprint density at radius 2 is 0.786 bits per heavy atom. The molecule has 0 spiro atoms. The summed E-state index contributed by atoms with van der Waals surface area (Å²) >= 11 is 0. The van der Waals surface area contributed by atoms with E-state index in [4.69, 9.17) is 0 Å². The fourth-order valence-electron chi connectivity index (χ4n) is 6.63. The molecule has 2 N–H and O–H groups in total. The highest BCUT2D eigenvalue weighted by Gasteiger charge is 2.45. The third-order valence-corrected chi connectivity index (χ3v) is 7.38. The molecule has 0 aromatic heterocycles. The predicted octanol–water partition coefficient (Wildman–Crippen LogP) is 4.57. The average molecular weight is 397 g/mol. The Labute approximate surface area is 174 Å². The van der Waals surface area contributed by atoms with Gasteiger partial charge in [0.15, 0.2) is 0 Å². The average Bonchev–Trinajstić information content (AvgIpc) is 2.43. The van der Waals surface area contributed by atoms with Gasteiger partial charge < -0.3 is 10.2 Å². The maximum atomic E-state index is 10.2. The van der Waals surface area contributed by atoms with Crippen LogP contribution in [-0.2, 0) is 0 Å². The largest absolute Gasteiger partial charge is 0.393 e. The molecule has 2 heterocycles. The third-order valence-electron chi connectivity index (χ3n) is 7.38. The van der Waals surface area contributed by atoms with Crippen LogP contribution in [0.3, 0.4) is 0 Å². The van der Waals surface area contributed by atoms with Crippen LogP contribution in [0, 0.1) is 0 Å². The van der Waals surface area contributed by atoms with Crippen molar-refractivity contribution in [2.24, 2.45) is 0 Å². The van der Waals surface area contributed by atoms with E-state index in [0.29, 0.717) is 0 Å². The number of nitrogens with zero attached hydrogens (tertiary/aromatic N) is 2. The normalized spacial score (nSPS) is 28.5. The number of likely N-dealkylation sites (tertiary alicyclic amines) is 2. The molecule has 0 aromatic carbocycles. The van der Waals surface area contributed by atoms with Crippen LogP contribution in [0.25, 0.3) is 0 Å². The Balaban J connectivity index is 1.77. The first-order valence-electron chi connectivity index (χ1n) is 11.6. The molecule has 0 aromatic rings. The van der Waals surface area contributed by atoms with Gasteiger partial charge in [0.05, 0.1) is 12.2 Å². The van der Waals surface area contributed by atoms with Crippen LogP contribution in [0.5, 0.6) is 0 Å². The second-order valence-corrected chi connectivity index (χ2v) is 12.1. The molecule has 0 unspecified atom stereocenters. The fraction of sp³-hybridized carbons (Fsp3) is 1.00. The first-order chi connectivity index (χ1) is 12.7. The van der Waals surface area contributed by atoms with Gasteiger partial charge in [-0.2, -0.15) is 0 Å². The zero-order chi connectivity index (χ0) is 21.4. The number of unbranched alkanes of at least 4 members (excludes halogenated alkanes) is 3. The lowest BCUT2D eigenvalue weighted by Crippen LogP contribution is -2.62. The quantitative estimate of drug-likeness (QED) is 0.619. The SMILES string of the molecule is CC1(C)CC(O)CC(C)(C)N1CCCCCCN1C(C)(C)CC(O)CC1(C)C. The van der Waals surface area contributed by atoms with Crippen molar-refractivity contribution in [2.45, 2.75) is 141 Å². The van der Waals surface area contributed by atoms with Gasteiger partial charge in [-0.05, 0) is 107 Å². The van der Waals surface area contributed by atoms with E-state index in [9.17, 15) is 10.2 Å². The molecular formula is C24H48N2O2. The number of hydrogen-bond donors (Lipinski definition) is 2. The van der Waals surface area contributed by atoms with Gasteiger partial charge in [-0.15, -0.1) is 0 Å². The maximum absolute atomic E-state index is 10.2. The number of rotatable bonds is 7. The molecule has 0 radical (unpaired) electrons. The van der Waals surface area contributed by atoms with Crippen molar-refractivity contribution in [3.05, 3.63) is 0 Å². The number of hydrogen-bond acceptors (Lipinski definition) is 4. The molecular weight excluding hydrogens is 348 g/mol. The second-order valence-electron chi connectivity index (χ2n) is 12.1. The van der Waals surface area contributed by atoms with Crippen molar-refractivity contribution in [3.8, 4) is 0 Å². The molecule has 2 saturated heterocycles. The Morgan fingerprint density at radius 1 is 0.536 bits per heavy atom. The van der Waals surface area contributed by atoms with Crippen LogP contribution in [0.2, 0.25) is 0 Å². The van der Waals surface area contributed by atoms with Gasteiger partial charge in [-0.1, -0.05) is 12.8 Å². The monoisotopic (exact) mass is 396 g/mol. The molecule has 2 aliphatic rings. The zero-order valence-corrected chi connectivity index (χ0v) is 20.0. The number of aliphatic hydroxyl groups is 2. The van der Waals surface area contributed by atoms with Gasteiger partial charge in [-0.3, -0.25) is 9.80 Å². The summed E-state index contributed by atoms with van der Waals surface area (Å²) in [6, 6.07) is 0. The van der Waals surface area contributed by atoms with Crippen molar-refractivity contribution in [2.75, 3.05) is 13.1 Å². The molecule has 2 fully saturated rings. The van der Waals surface area contributed by atoms with Crippen molar-refractivity contribution in [3.63, 3.8) is 0 Å². The van der Waals surface area contributed by atoms with E-state index in [2.05, 4.69) is 65.2 Å². The lowest BCUT2D eigenvalue weighted by molar-refractivity contribution is -0.0832. The van der Waals surface area contributed by atoms with Gasteiger partial charge >= 0.3 is 0 Å². The summed E-state index contributed by atoms with van der Waals surface area (Å²) in [5.41, 5.74) is 0.293. The topological polar surface area (TPSA) is 46.9 Å². The van der Waals surface area contributed by atoms with Crippen LogP contribution >= 0.6 is 0 Å². The third kappa shape index (κ3) is 5.71. The molecule has 2 rings (SSSR count). The summed E-state index contributed by atoms with van der Waals surface area (Å²) in [6.45, 7) is 20.5. The van der Waals surface area contributed by atoms with Crippen molar-refractivity contribution >= 4 is 0 Å². The minimum atomic E-state index is -0.170. The Kier molecular flexibility index (Phi) is 7.34. The lowest BCUT2D eigenvalue weighted by Gasteiger charge is -2.54. The molecule has 0 amide bonds. The first kappa shape index (κ1) is 24.1. The van der Waals surface area contributed by atoms with Crippen LogP contribution in [0.4, 0.5) is 0 Å². The highest BCUT2D eigenvalue weighted by atomic mass is 16.3.